The van der Waals surface area contributed by atoms with Crippen molar-refractivity contribution in [1.29, 1.82) is 0 Å². The van der Waals surface area contributed by atoms with Crippen LogP contribution < -0.4 is 0 Å². The first-order valence-electron chi connectivity index (χ1n) is 33.1. The summed E-state index contributed by atoms with van der Waals surface area (Å²) in [6.07, 6.45) is 79.9. The number of hydrogen-bond donors (Lipinski definition) is 0. The van der Waals surface area contributed by atoms with Crippen LogP contribution in [0, 0.1) is 0 Å². The average molecular weight is 1050 g/mol. The summed E-state index contributed by atoms with van der Waals surface area (Å²) >= 11 is 0. The third-order valence-electron chi connectivity index (χ3n) is 14.8. The molecule has 0 amide bonds. The zero-order valence-electron chi connectivity index (χ0n) is 50.3. The van der Waals surface area contributed by atoms with Crippen LogP contribution in [0.2, 0.25) is 0 Å². The predicted octanol–water partition coefficient (Wildman–Crippen LogP) is 22.6. The van der Waals surface area contributed by atoms with Gasteiger partial charge in [-0.2, -0.15) is 0 Å². The lowest BCUT2D eigenvalue weighted by molar-refractivity contribution is -0.167. The molecule has 0 spiro atoms. The van der Waals surface area contributed by atoms with Gasteiger partial charge in [0.05, 0.1) is 0 Å². The summed E-state index contributed by atoms with van der Waals surface area (Å²) in [4.78, 5) is 38.3. The van der Waals surface area contributed by atoms with Gasteiger partial charge in [-0.05, 0) is 103 Å². The first kappa shape index (κ1) is 72.4. The van der Waals surface area contributed by atoms with Gasteiger partial charge in [-0.15, -0.1) is 0 Å². The maximum absolute atomic E-state index is 12.9. The normalized spacial score (nSPS) is 12.3. The Morgan fingerprint density at radius 1 is 0.267 bits per heavy atom. The molecule has 0 saturated carbocycles. The van der Waals surface area contributed by atoms with Gasteiger partial charge in [0.1, 0.15) is 13.2 Å². The van der Waals surface area contributed by atoms with Crippen molar-refractivity contribution in [2.75, 3.05) is 13.2 Å². The van der Waals surface area contributed by atoms with Gasteiger partial charge in [0.25, 0.3) is 0 Å². The van der Waals surface area contributed by atoms with Crippen LogP contribution in [0.15, 0.2) is 48.6 Å². The van der Waals surface area contributed by atoms with Gasteiger partial charge >= 0.3 is 17.9 Å². The SMILES string of the molecule is CCCCC/C=C\C/C=C\CCCCCCCC(=O)OC(COC(=O)CCCCCCC/C=C\CCCCCCCC)COC(=O)CCCCCCCCCCCCCCCCC/C=C\CCCCCCCCCC. The van der Waals surface area contributed by atoms with E-state index in [4.69, 9.17) is 14.2 Å². The molecule has 438 valence electrons. The first-order valence-corrected chi connectivity index (χ1v) is 33.1. The van der Waals surface area contributed by atoms with Gasteiger partial charge in [0.2, 0.25) is 0 Å². The van der Waals surface area contributed by atoms with Crippen LogP contribution >= 0.6 is 0 Å². The van der Waals surface area contributed by atoms with Gasteiger partial charge in [-0.25, -0.2) is 0 Å². The Labute approximate surface area is 467 Å². The molecule has 0 rings (SSSR count). The van der Waals surface area contributed by atoms with Crippen molar-refractivity contribution in [3.63, 3.8) is 0 Å². The van der Waals surface area contributed by atoms with Gasteiger partial charge < -0.3 is 14.2 Å². The molecule has 0 aromatic carbocycles. The van der Waals surface area contributed by atoms with Crippen LogP contribution in [0.1, 0.15) is 355 Å². The third kappa shape index (κ3) is 62.1. The summed E-state index contributed by atoms with van der Waals surface area (Å²) in [5.74, 6) is -0.882. The minimum atomic E-state index is -0.783. The van der Waals surface area contributed by atoms with Crippen molar-refractivity contribution in [3.05, 3.63) is 48.6 Å². The Morgan fingerprint density at radius 2 is 0.480 bits per heavy atom. The fraction of sp³-hybridized carbons (Fsp3) is 0.841. The van der Waals surface area contributed by atoms with Crippen LogP contribution in [-0.4, -0.2) is 37.2 Å². The summed E-state index contributed by atoms with van der Waals surface area (Å²) in [5, 5.41) is 0. The van der Waals surface area contributed by atoms with Crippen molar-refractivity contribution in [3.8, 4) is 0 Å². The molecule has 75 heavy (non-hydrogen) atoms. The number of allylic oxidation sites excluding steroid dienone is 8. The molecule has 1 unspecified atom stereocenters. The van der Waals surface area contributed by atoms with Crippen LogP contribution in [0.5, 0.6) is 0 Å². The maximum atomic E-state index is 12.9. The van der Waals surface area contributed by atoms with Crippen LogP contribution in [-0.2, 0) is 28.6 Å². The van der Waals surface area contributed by atoms with Crippen molar-refractivity contribution in [2.24, 2.45) is 0 Å². The van der Waals surface area contributed by atoms with E-state index in [1.165, 1.54) is 225 Å². The zero-order chi connectivity index (χ0) is 54.3. The molecule has 1 atom stereocenters. The van der Waals surface area contributed by atoms with Crippen molar-refractivity contribution >= 4 is 17.9 Å². The smallest absolute Gasteiger partial charge is 0.306 e. The Balaban J connectivity index is 4.24. The fourth-order valence-corrected chi connectivity index (χ4v) is 9.76. The monoisotopic (exact) mass is 1050 g/mol. The molecular weight excluding hydrogens is 925 g/mol. The molecule has 0 heterocycles. The zero-order valence-corrected chi connectivity index (χ0v) is 50.3. The van der Waals surface area contributed by atoms with Crippen molar-refractivity contribution < 1.29 is 28.6 Å². The second kappa shape index (κ2) is 63.9. The van der Waals surface area contributed by atoms with E-state index >= 15 is 0 Å². The summed E-state index contributed by atoms with van der Waals surface area (Å²) in [6.45, 7) is 6.64. The Hall–Kier alpha value is -2.63. The number of carbonyl (C=O) groups is 3. The molecule has 0 aromatic heterocycles. The highest BCUT2D eigenvalue weighted by atomic mass is 16.6. The second-order valence-corrected chi connectivity index (χ2v) is 22.4. The quantitative estimate of drug-likeness (QED) is 0.0261. The molecule has 0 N–H and O–H groups in total. The molecule has 0 aliphatic carbocycles. The van der Waals surface area contributed by atoms with Crippen LogP contribution in [0.4, 0.5) is 0 Å². The lowest BCUT2D eigenvalue weighted by Gasteiger charge is -2.18. The minimum absolute atomic E-state index is 0.0786. The molecule has 0 radical (unpaired) electrons. The second-order valence-electron chi connectivity index (χ2n) is 22.4. The highest BCUT2D eigenvalue weighted by molar-refractivity contribution is 5.71. The average Bonchev–Trinajstić information content (AvgIpc) is 3.41. The van der Waals surface area contributed by atoms with E-state index in [0.29, 0.717) is 19.3 Å². The lowest BCUT2D eigenvalue weighted by atomic mass is 10.0. The van der Waals surface area contributed by atoms with E-state index in [2.05, 4.69) is 69.4 Å². The standard InChI is InChI=1S/C69H126O6/c1-4-7-10-13-16-19-22-25-28-29-30-31-32-33-34-35-36-37-38-39-42-44-47-50-53-56-59-62-68(71)74-65-66(75-69(72)63-60-57-54-51-48-45-41-27-24-21-18-15-12-9-6-3)64-73-67(70)61-58-55-52-49-46-43-40-26-23-20-17-14-11-8-5-2/h18,21,26-27,29-30,40-41,66H,4-17,19-20,22-25,28,31-39,42-65H2,1-3H3/b21-18-,30-29-,40-26-,41-27-. The van der Waals surface area contributed by atoms with Crippen molar-refractivity contribution in [1.82, 2.24) is 0 Å². The van der Waals surface area contributed by atoms with Gasteiger partial charge in [-0.1, -0.05) is 281 Å². The molecule has 6 nitrogen and oxygen atoms in total. The minimum Gasteiger partial charge on any atom is -0.462 e. The third-order valence-corrected chi connectivity index (χ3v) is 14.8. The molecule has 0 fully saturated rings. The Morgan fingerprint density at radius 3 is 0.773 bits per heavy atom. The fourth-order valence-electron chi connectivity index (χ4n) is 9.76. The van der Waals surface area contributed by atoms with Gasteiger partial charge in [0, 0.05) is 19.3 Å². The van der Waals surface area contributed by atoms with Gasteiger partial charge in [-0.3, -0.25) is 14.4 Å². The summed E-state index contributed by atoms with van der Waals surface area (Å²) in [7, 11) is 0. The topological polar surface area (TPSA) is 78.9 Å². The number of carbonyl (C=O) groups excluding carboxylic acids is 3. The first-order chi connectivity index (χ1) is 37.0. The Kier molecular flexibility index (Phi) is 61.7. The lowest BCUT2D eigenvalue weighted by Crippen LogP contribution is -2.30. The van der Waals surface area contributed by atoms with Crippen molar-refractivity contribution in [2.45, 2.75) is 361 Å². The molecular formula is C69H126O6. The van der Waals surface area contributed by atoms with Crippen LogP contribution in [0.25, 0.3) is 0 Å². The van der Waals surface area contributed by atoms with E-state index in [9.17, 15) is 14.4 Å². The highest BCUT2D eigenvalue weighted by Crippen LogP contribution is 2.17. The molecule has 0 saturated heterocycles. The van der Waals surface area contributed by atoms with E-state index < -0.39 is 6.10 Å². The molecule has 0 bridgehead atoms. The number of esters is 3. The summed E-state index contributed by atoms with van der Waals surface area (Å²) < 4.78 is 16.9. The molecule has 6 heteroatoms. The largest absolute Gasteiger partial charge is 0.462 e. The van der Waals surface area contributed by atoms with E-state index in [1.54, 1.807) is 0 Å². The van der Waals surface area contributed by atoms with Gasteiger partial charge in [0.15, 0.2) is 6.10 Å². The number of unbranched alkanes of at least 4 members (excludes halogenated alkanes) is 42. The molecule has 0 aromatic rings. The van der Waals surface area contributed by atoms with Crippen LogP contribution in [0.3, 0.4) is 0 Å². The highest BCUT2D eigenvalue weighted by Gasteiger charge is 2.19. The van der Waals surface area contributed by atoms with E-state index in [0.717, 1.165) is 89.9 Å². The van der Waals surface area contributed by atoms with E-state index in [1.807, 2.05) is 0 Å². The maximum Gasteiger partial charge on any atom is 0.306 e. The molecule has 0 aliphatic rings. The number of ether oxygens (including phenoxy) is 3. The summed E-state index contributed by atoms with van der Waals surface area (Å²) in [5.41, 5.74) is 0. The molecule has 0 aliphatic heterocycles. The van der Waals surface area contributed by atoms with E-state index in [-0.39, 0.29) is 31.1 Å². The predicted molar refractivity (Wildman–Crippen MR) is 325 cm³/mol. The number of hydrogen-bond acceptors (Lipinski definition) is 6. The Bertz CT molecular complexity index is 1300. The summed E-state index contributed by atoms with van der Waals surface area (Å²) in [6, 6.07) is 0. The number of rotatable bonds is 61.